The zero-order chi connectivity index (χ0) is 18.9. The maximum atomic E-state index is 5.93. The molecule has 2 aliphatic heterocycles. The van der Waals surface area contributed by atoms with Crippen molar-refractivity contribution in [2.75, 3.05) is 53.7 Å². The normalized spacial score (nSPS) is 23.5. The van der Waals surface area contributed by atoms with Gasteiger partial charge in [0.25, 0.3) is 0 Å². The summed E-state index contributed by atoms with van der Waals surface area (Å²) < 4.78 is 22.5. The minimum absolute atomic E-state index is 0.103. The van der Waals surface area contributed by atoms with E-state index < -0.39 is 0 Å². The van der Waals surface area contributed by atoms with E-state index in [0.717, 1.165) is 44.1 Å². The Labute approximate surface area is 160 Å². The van der Waals surface area contributed by atoms with E-state index >= 15 is 0 Å². The summed E-state index contributed by atoms with van der Waals surface area (Å²) in [5, 5.41) is 3.43. The molecule has 3 rings (SSSR count). The van der Waals surface area contributed by atoms with Gasteiger partial charge in [0.05, 0.1) is 19.3 Å². The van der Waals surface area contributed by atoms with E-state index in [1.54, 1.807) is 20.4 Å². The molecule has 2 atom stereocenters. The minimum Gasteiger partial charge on any atom is -0.475 e. The van der Waals surface area contributed by atoms with Crippen LogP contribution in [-0.2, 0) is 20.8 Å². The van der Waals surface area contributed by atoms with E-state index in [1.807, 2.05) is 12.1 Å². The molecule has 8 nitrogen and oxygen atoms in total. The summed E-state index contributed by atoms with van der Waals surface area (Å²) in [4.78, 5) is 11.0. The number of ether oxygens (including phenoxy) is 4. The van der Waals surface area contributed by atoms with Gasteiger partial charge in [-0.05, 0) is 18.9 Å². The lowest BCUT2D eigenvalue weighted by Crippen LogP contribution is -2.53. The van der Waals surface area contributed by atoms with Gasteiger partial charge in [0.15, 0.2) is 5.96 Å². The third-order valence-electron chi connectivity index (χ3n) is 4.80. The second-order valence-electron chi connectivity index (χ2n) is 6.62. The van der Waals surface area contributed by atoms with Crippen LogP contribution in [0.1, 0.15) is 18.4 Å². The summed E-state index contributed by atoms with van der Waals surface area (Å²) in [6, 6.07) is 3.91. The number of rotatable bonds is 7. The van der Waals surface area contributed by atoms with Crippen LogP contribution in [0.15, 0.2) is 23.3 Å². The number of aliphatic imine (C=N–C) groups is 1. The molecular formula is C19H30N4O4. The van der Waals surface area contributed by atoms with Gasteiger partial charge >= 0.3 is 0 Å². The van der Waals surface area contributed by atoms with E-state index in [4.69, 9.17) is 18.9 Å². The molecule has 2 fully saturated rings. The predicted octanol–water partition coefficient (Wildman–Crippen LogP) is 1.06. The van der Waals surface area contributed by atoms with Crippen molar-refractivity contribution in [2.24, 2.45) is 4.99 Å². The molecule has 3 heterocycles. The molecular weight excluding hydrogens is 348 g/mol. The molecule has 1 aromatic rings. The number of morpholine rings is 1. The molecule has 1 aromatic heterocycles. The van der Waals surface area contributed by atoms with Crippen molar-refractivity contribution >= 4 is 5.96 Å². The van der Waals surface area contributed by atoms with Gasteiger partial charge in [-0.25, -0.2) is 4.98 Å². The van der Waals surface area contributed by atoms with Gasteiger partial charge in [-0.1, -0.05) is 6.07 Å². The predicted molar refractivity (Wildman–Crippen MR) is 102 cm³/mol. The molecule has 0 radical (unpaired) electrons. The lowest BCUT2D eigenvalue weighted by molar-refractivity contribution is -0.0817. The van der Waals surface area contributed by atoms with E-state index in [1.165, 1.54) is 0 Å². The SMILES string of the molecule is CN=C(NCc1cccnc1OCCOC)N1CCOC(C2CCCO2)C1. The van der Waals surface area contributed by atoms with Crippen LogP contribution in [0.4, 0.5) is 0 Å². The van der Waals surface area contributed by atoms with Gasteiger partial charge in [0.2, 0.25) is 5.88 Å². The van der Waals surface area contributed by atoms with E-state index in [9.17, 15) is 0 Å². The second kappa shape index (κ2) is 10.4. The number of aromatic nitrogens is 1. The Morgan fingerprint density at radius 1 is 1.33 bits per heavy atom. The van der Waals surface area contributed by atoms with Gasteiger partial charge in [-0.15, -0.1) is 0 Å². The fourth-order valence-electron chi connectivity index (χ4n) is 3.41. The highest BCUT2D eigenvalue weighted by Crippen LogP contribution is 2.21. The summed E-state index contributed by atoms with van der Waals surface area (Å²) in [6.07, 6.45) is 4.22. The van der Waals surface area contributed by atoms with Crippen LogP contribution >= 0.6 is 0 Å². The monoisotopic (exact) mass is 378 g/mol. The standard InChI is InChI=1S/C19H30N4O4/c1-20-19(23-8-10-26-17(14-23)16-6-4-9-25-16)22-13-15-5-3-7-21-18(15)27-12-11-24-2/h3,5,7,16-17H,4,6,8-14H2,1-2H3,(H,20,22). The van der Waals surface area contributed by atoms with Crippen molar-refractivity contribution in [2.45, 2.75) is 31.6 Å². The average molecular weight is 378 g/mol. The van der Waals surface area contributed by atoms with Gasteiger partial charge < -0.3 is 29.2 Å². The van der Waals surface area contributed by atoms with Crippen LogP contribution in [0.3, 0.4) is 0 Å². The number of hydrogen-bond donors (Lipinski definition) is 1. The molecule has 0 amide bonds. The lowest BCUT2D eigenvalue weighted by atomic mass is 10.1. The van der Waals surface area contributed by atoms with Crippen LogP contribution < -0.4 is 10.1 Å². The minimum atomic E-state index is 0.103. The molecule has 8 heteroatoms. The summed E-state index contributed by atoms with van der Waals surface area (Å²) in [6.45, 7) is 4.71. The highest BCUT2D eigenvalue weighted by atomic mass is 16.5. The van der Waals surface area contributed by atoms with E-state index in [0.29, 0.717) is 32.2 Å². The van der Waals surface area contributed by atoms with E-state index in [-0.39, 0.29) is 12.2 Å². The molecule has 2 saturated heterocycles. The van der Waals surface area contributed by atoms with Gasteiger partial charge in [-0.3, -0.25) is 4.99 Å². The molecule has 1 N–H and O–H groups in total. The molecule has 0 spiro atoms. The van der Waals surface area contributed by atoms with Crippen molar-refractivity contribution in [3.63, 3.8) is 0 Å². The number of pyridine rings is 1. The zero-order valence-corrected chi connectivity index (χ0v) is 16.2. The fraction of sp³-hybridized carbons (Fsp3) is 0.684. The number of hydrogen-bond acceptors (Lipinski definition) is 6. The van der Waals surface area contributed by atoms with Crippen molar-refractivity contribution in [3.05, 3.63) is 23.9 Å². The first-order chi connectivity index (χ1) is 13.3. The highest BCUT2D eigenvalue weighted by molar-refractivity contribution is 5.80. The van der Waals surface area contributed by atoms with Crippen LogP contribution in [0, 0.1) is 0 Å². The van der Waals surface area contributed by atoms with Crippen LogP contribution in [0.25, 0.3) is 0 Å². The Morgan fingerprint density at radius 3 is 3.00 bits per heavy atom. The molecule has 2 unspecified atom stereocenters. The van der Waals surface area contributed by atoms with Crippen LogP contribution in [0.5, 0.6) is 5.88 Å². The van der Waals surface area contributed by atoms with E-state index in [2.05, 4.69) is 20.2 Å². The summed E-state index contributed by atoms with van der Waals surface area (Å²) in [5.74, 6) is 1.48. The molecule has 27 heavy (non-hydrogen) atoms. The molecule has 0 bridgehead atoms. The maximum Gasteiger partial charge on any atom is 0.218 e. The van der Waals surface area contributed by atoms with Gasteiger partial charge in [0.1, 0.15) is 12.7 Å². The third-order valence-corrected chi connectivity index (χ3v) is 4.80. The molecule has 150 valence electrons. The maximum absolute atomic E-state index is 5.93. The quantitative estimate of drug-likeness (QED) is 0.432. The average Bonchev–Trinajstić information content (AvgIpc) is 3.25. The van der Waals surface area contributed by atoms with Crippen molar-refractivity contribution in [1.82, 2.24) is 15.2 Å². The van der Waals surface area contributed by atoms with Crippen LogP contribution in [0.2, 0.25) is 0 Å². The highest BCUT2D eigenvalue weighted by Gasteiger charge is 2.32. The number of nitrogens with one attached hydrogen (secondary N) is 1. The zero-order valence-electron chi connectivity index (χ0n) is 16.2. The summed E-state index contributed by atoms with van der Waals surface area (Å²) >= 11 is 0. The Bertz CT molecular complexity index is 607. The Kier molecular flexibility index (Phi) is 7.67. The number of methoxy groups -OCH3 is 1. The second-order valence-corrected chi connectivity index (χ2v) is 6.62. The first-order valence-corrected chi connectivity index (χ1v) is 9.56. The van der Waals surface area contributed by atoms with Crippen molar-refractivity contribution in [1.29, 1.82) is 0 Å². The fourth-order valence-corrected chi connectivity index (χ4v) is 3.41. The Hall–Kier alpha value is -1.90. The molecule has 0 aromatic carbocycles. The largest absolute Gasteiger partial charge is 0.475 e. The molecule has 0 saturated carbocycles. The Morgan fingerprint density at radius 2 is 2.22 bits per heavy atom. The summed E-state index contributed by atoms with van der Waals surface area (Å²) in [7, 11) is 3.46. The first kappa shape index (κ1) is 19.9. The summed E-state index contributed by atoms with van der Waals surface area (Å²) in [5.41, 5.74) is 0.985. The molecule has 0 aliphatic carbocycles. The first-order valence-electron chi connectivity index (χ1n) is 9.56. The number of nitrogens with zero attached hydrogens (tertiary/aromatic N) is 3. The van der Waals surface area contributed by atoms with Gasteiger partial charge in [-0.2, -0.15) is 0 Å². The van der Waals surface area contributed by atoms with Crippen molar-refractivity contribution in [3.8, 4) is 5.88 Å². The van der Waals surface area contributed by atoms with Gasteiger partial charge in [0, 0.05) is 52.2 Å². The third kappa shape index (κ3) is 5.54. The topological polar surface area (TPSA) is 77.4 Å². The Balaban J connectivity index is 1.56. The molecule has 2 aliphatic rings. The van der Waals surface area contributed by atoms with Crippen molar-refractivity contribution < 1.29 is 18.9 Å². The lowest BCUT2D eigenvalue weighted by Gasteiger charge is -2.37. The smallest absolute Gasteiger partial charge is 0.218 e. The van der Waals surface area contributed by atoms with Crippen LogP contribution in [-0.4, -0.2) is 81.7 Å². The number of guanidine groups is 1.